The molecule has 0 bridgehead atoms. The molecule has 0 aliphatic rings. The van der Waals surface area contributed by atoms with Gasteiger partial charge in [0.25, 0.3) is 0 Å². The Hall–Kier alpha value is -0.0800. The van der Waals surface area contributed by atoms with Crippen LogP contribution in [0, 0.1) is 6.92 Å². The second-order valence-electron chi connectivity index (χ2n) is 1.86. The molecular weight excluding hydrogens is 154 g/mol. The third-order valence-corrected chi connectivity index (χ3v) is 2.87. The maximum Gasteiger partial charge on any atom is 0.0774 e. The van der Waals surface area contributed by atoms with E-state index in [0.29, 0.717) is 0 Å². The SMILES string of the molecule is CCc1snc(C)c1Cl. The second kappa shape index (κ2) is 2.67. The highest BCUT2D eigenvalue weighted by Gasteiger charge is 2.03. The molecule has 1 rings (SSSR count). The van der Waals surface area contributed by atoms with Crippen LogP contribution in [0.1, 0.15) is 17.5 Å². The predicted octanol–water partition coefficient (Wildman–Crippen LogP) is 2.67. The molecule has 1 nitrogen and oxygen atoms in total. The average molecular weight is 162 g/mol. The van der Waals surface area contributed by atoms with Gasteiger partial charge in [-0.15, -0.1) is 0 Å². The van der Waals surface area contributed by atoms with Crippen molar-refractivity contribution in [2.75, 3.05) is 0 Å². The predicted molar refractivity (Wildman–Crippen MR) is 41.2 cm³/mol. The molecule has 0 amide bonds. The lowest BCUT2D eigenvalue weighted by Crippen LogP contribution is -1.72. The number of nitrogens with zero attached hydrogens (tertiary/aromatic N) is 1. The maximum atomic E-state index is 5.86. The van der Waals surface area contributed by atoms with Gasteiger partial charge in [0.1, 0.15) is 0 Å². The maximum absolute atomic E-state index is 5.86. The van der Waals surface area contributed by atoms with Gasteiger partial charge >= 0.3 is 0 Å². The van der Waals surface area contributed by atoms with Crippen LogP contribution in [0.2, 0.25) is 5.02 Å². The molecule has 0 N–H and O–H groups in total. The molecule has 0 atom stereocenters. The van der Waals surface area contributed by atoms with Crippen molar-refractivity contribution in [3.8, 4) is 0 Å². The van der Waals surface area contributed by atoms with Crippen molar-refractivity contribution in [3.63, 3.8) is 0 Å². The third-order valence-electron chi connectivity index (χ3n) is 1.18. The molecule has 0 aliphatic carbocycles. The molecule has 0 saturated heterocycles. The third kappa shape index (κ3) is 1.25. The highest BCUT2D eigenvalue weighted by atomic mass is 35.5. The van der Waals surface area contributed by atoms with Gasteiger partial charge in [0.2, 0.25) is 0 Å². The van der Waals surface area contributed by atoms with Crippen LogP contribution in [0.25, 0.3) is 0 Å². The first-order valence-electron chi connectivity index (χ1n) is 2.86. The van der Waals surface area contributed by atoms with Gasteiger partial charge in [-0.1, -0.05) is 18.5 Å². The molecule has 0 spiro atoms. The Morgan fingerprint density at radius 2 is 2.33 bits per heavy atom. The summed E-state index contributed by atoms with van der Waals surface area (Å²) < 4.78 is 4.10. The van der Waals surface area contributed by atoms with E-state index in [9.17, 15) is 0 Å². The van der Waals surface area contributed by atoms with Crippen LogP contribution in [0.5, 0.6) is 0 Å². The van der Waals surface area contributed by atoms with Gasteiger partial charge in [-0.2, -0.15) is 4.37 Å². The number of hydrogen-bond acceptors (Lipinski definition) is 2. The first kappa shape index (κ1) is 7.03. The number of aryl methyl sites for hydroxylation is 2. The molecule has 1 aromatic heterocycles. The van der Waals surface area contributed by atoms with Crippen molar-refractivity contribution in [1.29, 1.82) is 0 Å². The Bertz CT molecular complexity index is 207. The Balaban J connectivity index is 3.04. The van der Waals surface area contributed by atoms with Crippen molar-refractivity contribution in [2.24, 2.45) is 0 Å². The topological polar surface area (TPSA) is 12.9 Å². The van der Waals surface area contributed by atoms with Crippen molar-refractivity contribution >= 4 is 23.1 Å². The van der Waals surface area contributed by atoms with E-state index < -0.39 is 0 Å². The zero-order valence-electron chi connectivity index (χ0n) is 5.44. The summed E-state index contributed by atoms with van der Waals surface area (Å²) in [5.74, 6) is 0. The smallest absolute Gasteiger partial charge is 0.0774 e. The van der Waals surface area contributed by atoms with E-state index in [4.69, 9.17) is 11.6 Å². The van der Waals surface area contributed by atoms with Crippen LogP contribution in [-0.4, -0.2) is 4.37 Å². The highest BCUT2D eigenvalue weighted by molar-refractivity contribution is 7.06. The van der Waals surface area contributed by atoms with Crippen LogP contribution < -0.4 is 0 Å². The van der Waals surface area contributed by atoms with Crippen molar-refractivity contribution in [1.82, 2.24) is 4.37 Å². The minimum absolute atomic E-state index is 0.850. The lowest BCUT2D eigenvalue weighted by molar-refractivity contribution is 1.18. The molecule has 0 saturated carbocycles. The lowest BCUT2D eigenvalue weighted by Gasteiger charge is -1.86. The summed E-state index contributed by atoms with van der Waals surface area (Å²) in [7, 11) is 0. The van der Waals surface area contributed by atoms with Gasteiger partial charge in [-0.25, -0.2) is 0 Å². The van der Waals surface area contributed by atoms with Gasteiger partial charge in [-0.05, 0) is 24.9 Å². The molecule has 0 aromatic carbocycles. The van der Waals surface area contributed by atoms with Crippen molar-refractivity contribution in [3.05, 3.63) is 15.6 Å². The summed E-state index contributed by atoms with van der Waals surface area (Å²) in [6, 6.07) is 0. The standard InChI is InChI=1S/C6H8ClNS/c1-3-5-6(7)4(2)8-9-5/h3H2,1-2H3. The summed E-state index contributed by atoms with van der Waals surface area (Å²) in [5, 5.41) is 0.850. The van der Waals surface area contributed by atoms with Crippen LogP contribution in [-0.2, 0) is 6.42 Å². The summed E-state index contributed by atoms with van der Waals surface area (Å²) in [4.78, 5) is 1.19. The number of hydrogen-bond donors (Lipinski definition) is 0. The molecule has 50 valence electrons. The molecule has 0 fully saturated rings. The fourth-order valence-corrected chi connectivity index (χ4v) is 1.65. The van der Waals surface area contributed by atoms with Gasteiger partial charge in [0.05, 0.1) is 10.7 Å². The normalized spacial score (nSPS) is 10.1. The Morgan fingerprint density at radius 1 is 1.67 bits per heavy atom. The Labute approximate surface area is 63.8 Å². The highest BCUT2D eigenvalue weighted by Crippen LogP contribution is 2.23. The second-order valence-corrected chi connectivity index (χ2v) is 3.09. The van der Waals surface area contributed by atoms with E-state index in [0.717, 1.165) is 17.1 Å². The number of aromatic nitrogens is 1. The molecule has 1 heterocycles. The minimum Gasteiger partial charge on any atom is -0.196 e. The molecule has 1 aromatic rings. The Morgan fingerprint density at radius 3 is 2.56 bits per heavy atom. The fraction of sp³-hybridized carbons (Fsp3) is 0.500. The first-order valence-corrected chi connectivity index (χ1v) is 4.01. The van der Waals surface area contributed by atoms with Crippen molar-refractivity contribution < 1.29 is 0 Å². The molecule has 3 heteroatoms. The summed E-state index contributed by atoms with van der Waals surface area (Å²) in [5.41, 5.74) is 0.957. The number of rotatable bonds is 1. The van der Waals surface area contributed by atoms with E-state index in [1.165, 1.54) is 16.4 Å². The van der Waals surface area contributed by atoms with E-state index in [-0.39, 0.29) is 0 Å². The van der Waals surface area contributed by atoms with Crippen LogP contribution >= 0.6 is 23.1 Å². The largest absolute Gasteiger partial charge is 0.196 e. The molecule has 0 unspecified atom stereocenters. The van der Waals surface area contributed by atoms with Gasteiger partial charge in [0, 0.05) is 4.88 Å². The van der Waals surface area contributed by atoms with E-state index in [2.05, 4.69) is 11.3 Å². The fourth-order valence-electron chi connectivity index (χ4n) is 0.625. The van der Waals surface area contributed by atoms with Gasteiger partial charge in [-0.3, -0.25) is 0 Å². The average Bonchev–Trinajstić information content (AvgIpc) is 2.15. The Kier molecular flexibility index (Phi) is 2.09. The van der Waals surface area contributed by atoms with Crippen LogP contribution in [0.4, 0.5) is 0 Å². The summed E-state index contributed by atoms with van der Waals surface area (Å²) in [6.07, 6.45) is 0.990. The lowest BCUT2D eigenvalue weighted by atomic mass is 10.3. The number of halogens is 1. The molecule has 0 radical (unpaired) electrons. The molecule has 9 heavy (non-hydrogen) atoms. The zero-order valence-corrected chi connectivity index (χ0v) is 7.01. The monoisotopic (exact) mass is 161 g/mol. The van der Waals surface area contributed by atoms with E-state index in [1.807, 2.05) is 6.92 Å². The van der Waals surface area contributed by atoms with E-state index in [1.54, 1.807) is 0 Å². The van der Waals surface area contributed by atoms with Crippen LogP contribution in [0.15, 0.2) is 0 Å². The first-order chi connectivity index (χ1) is 4.25. The molecular formula is C6H8ClNS. The van der Waals surface area contributed by atoms with Crippen LogP contribution in [0.3, 0.4) is 0 Å². The van der Waals surface area contributed by atoms with Gasteiger partial charge in [0.15, 0.2) is 0 Å². The van der Waals surface area contributed by atoms with Crippen molar-refractivity contribution in [2.45, 2.75) is 20.3 Å². The van der Waals surface area contributed by atoms with Gasteiger partial charge < -0.3 is 0 Å². The quantitative estimate of drug-likeness (QED) is 0.617. The minimum atomic E-state index is 0.850. The summed E-state index contributed by atoms with van der Waals surface area (Å²) in [6.45, 7) is 4.01. The molecule has 0 aliphatic heterocycles. The summed E-state index contributed by atoms with van der Waals surface area (Å²) >= 11 is 7.35. The van der Waals surface area contributed by atoms with E-state index >= 15 is 0 Å². The zero-order chi connectivity index (χ0) is 6.85.